The van der Waals surface area contributed by atoms with Gasteiger partial charge in [0.25, 0.3) is 5.91 Å². The minimum Gasteiger partial charge on any atom is -0.481 e. The van der Waals surface area contributed by atoms with Gasteiger partial charge in [-0.15, -0.1) is 0 Å². The van der Waals surface area contributed by atoms with E-state index in [-0.39, 0.29) is 28.6 Å². The average molecular weight is 333 g/mol. The van der Waals surface area contributed by atoms with Crippen molar-refractivity contribution in [3.05, 3.63) is 28.0 Å². The molecule has 0 aliphatic heterocycles. The predicted octanol–water partition coefficient (Wildman–Crippen LogP) is 3.26. The number of aliphatic carboxylic acids is 1. The first kappa shape index (κ1) is 17.7. The van der Waals surface area contributed by atoms with Crippen LogP contribution in [0.4, 0.5) is 0 Å². The van der Waals surface area contributed by atoms with Crippen LogP contribution in [-0.4, -0.2) is 28.5 Å². The minimum absolute atomic E-state index is 0.0241. The first-order valence-corrected chi connectivity index (χ1v) is 7.36. The number of nitrogens with zero attached hydrogens (tertiary/aromatic N) is 1. The Kier molecular flexibility index (Phi) is 6.92. The third-order valence-electron chi connectivity index (χ3n) is 2.84. The van der Waals surface area contributed by atoms with E-state index in [0.29, 0.717) is 18.0 Å². The molecule has 1 heterocycles. The number of nitrogens with one attached hydrogen (secondary N) is 1. The largest absolute Gasteiger partial charge is 0.481 e. The molecule has 0 radical (unpaired) electrons. The lowest BCUT2D eigenvalue weighted by atomic mass is 9.94. The summed E-state index contributed by atoms with van der Waals surface area (Å²) in [4.78, 5) is 26.6. The second-order valence-electron chi connectivity index (χ2n) is 5.30. The van der Waals surface area contributed by atoms with Crippen LogP contribution in [0.15, 0.2) is 12.1 Å². The van der Waals surface area contributed by atoms with Crippen molar-refractivity contribution < 1.29 is 14.7 Å². The lowest BCUT2D eigenvalue weighted by molar-refractivity contribution is -0.138. The van der Waals surface area contributed by atoms with Gasteiger partial charge in [-0.2, -0.15) is 0 Å². The van der Waals surface area contributed by atoms with Crippen LogP contribution in [0.25, 0.3) is 0 Å². The number of carbonyl (C=O) groups is 2. The standard InChI is InChI=1S/C14H18Cl2N2O3/c1-8(2)3-9(4-13(19)20)7-17-14(21)10-5-11(15)18-12(16)6-10/h5-6,8-9H,3-4,7H2,1-2H3,(H,17,21)(H,19,20)/t9-/m0/s1. The number of carboxylic acids is 1. The van der Waals surface area contributed by atoms with Gasteiger partial charge in [-0.1, -0.05) is 37.0 Å². The fourth-order valence-corrected chi connectivity index (χ4v) is 2.55. The Morgan fingerprint density at radius 3 is 2.33 bits per heavy atom. The van der Waals surface area contributed by atoms with Gasteiger partial charge in [-0.05, 0) is 30.4 Å². The highest BCUT2D eigenvalue weighted by molar-refractivity contribution is 6.33. The summed E-state index contributed by atoms with van der Waals surface area (Å²) < 4.78 is 0. The van der Waals surface area contributed by atoms with E-state index in [1.165, 1.54) is 12.1 Å². The van der Waals surface area contributed by atoms with Gasteiger partial charge in [0.2, 0.25) is 0 Å². The highest BCUT2D eigenvalue weighted by Gasteiger charge is 2.17. The third kappa shape index (κ3) is 6.78. The van der Waals surface area contributed by atoms with Crippen molar-refractivity contribution in [1.29, 1.82) is 0 Å². The number of carbonyl (C=O) groups excluding carboxylic acids is 1. The number of carboxylic acid groups (broad SMARTS) is 1. The number of rotatable bonds is 7. The molecule has 0 saturated carbocycles. The number of amides is 1. The van der Waals surface area contributed by atoms with Crippen LogP contribution in [0.5, 0.6) is 0 Å². The van der Waals surface area contributed by atoms with Gasteiger partial charge in [0.05, 0.1) is 0 Å². The zero-order chi connectivity index (χ0) is 16.0. The summed E-state index contributed by atoms with van der Waals surface area (Å²) >= 11 is 11.5. The highest BCUT2D eigenvalue weighted by atomic mass is 35.5. The Hall–Kier alpha value is -1.33. The lowest BCUT2D eigenvalue weighted by Crippen LogP contribution is -2.31. The topological polar surface area (TPSA) is 79.3 Å². The fraction of sp³-hybridized carbons (Fsp3) is 0.500. The van der Waals surface area contributed by atoms with E-state index >= 15 is 0 Å². The van der Waals surface area contributed by atoms with Gasteiger partial charge < -0.3 is 10.4 Å². The maximum atomic E-state index is 12.0. The number of hydrogen-bond donors (Lipinski definition) is 2. The molecule has 2 N–H and O–H groups in total. The number of pyridine rings is 1. The summed E-state index contributed by atoms with van der Waals surface area (Å²) in [5.41, 5.74) is 0.304. The quantitative estimate of drug-likeness (QED) is 0.751. The Balaban J connectivity index is 2.65. The van der Waals surface area contributed by atoms with E-state index in [4.69, 9.17) is 28.3 Å². The highest BCUT2D eigenvalue weighted by Crippen LogP contribution is 2.17. The van der Waals surface area contributed by atoms with Crippen molar-refractivity contribution in [1.82, 2.24) is 10.3 Å². The Morgan fingerprint density at radius 1 is 1.29 bits per heavy atom. The second kappa shape index (κ2) is 8.20. The zero-order valence-corrected chi connectivity index (χ0v) is 13.4. The molecule has 116 valence electrons. The molecule has 0 saturated heterocycles. The van der Waals surface area contributed by atoms with Crippen molar-refractivity contribution in [3.63, 3.8) is 0 Å². The summed E-state index contributed by atoms with van der Waals surface area (Å²) in [6.45, 7) is 4.32. The van der Waals surface area contributed by atoms with Gasteiger partial charge in [-0.25, -0.2) is 4.98 Å². The van der Waals surface area contributed by atoms with Crippen molar-refractivity contribution in [2.24, 2.45) is 11.8 Å². The normalized spacial score (nSPS) is 12.2. The van der Waals surface area contributed by atoms with Crippen molar-refractivity contribution in [2.45, 2.75) is 26.7 Å². The molecule has 1 atom stereocenters. The molecule has 0 bridgehead atoms. The van der Waals surface area contributed by atoms with Gasteiger partial charge in [0.15, 0.2) is 0 Å². The molecule has 0 spiro atoms. The van der Waals surface area contributed by atoms with Crippen LogP contribution >= 0.6 is 23.2 Å². The molecule has 21 heavy (non-hydrogen) atoms. The molecule has 0 unspecified atom stereocenters. The summed E-state index contributed by atoms with van der Waals surface area (Å²) in [7, 11) is 0. The summed E-state index contributed by atoms with van der Waals surface area (Å²) in [5.74, 6) is -0.972. The smallest absolute Gasteiger partial charge is 0.303 e. The van der Waals surface area contributed by atoms with E-state index < -0.39 is 5.97 Å². The number of aromatic nitrogens is 1. The minimum atomic E-state index is -0.870. The first-order valence-electron chi connectivity index (χ1n) is 6.61. The fourth-order valence-electron chi connectivity index (χ4n) is 2.09. The molecule has 1 rings (SSSR count). The molecule has 0 aliphatic rings. The molecular formula is C14H18Cl2N2O3. The molecule has 0 aliphatic carbocycles. The van der Waals surface area contributed by atoms with Gasteiger partial charge in [0, 0.05) is 18.5 Å². The van der Waals surface area contributed by atoms with E-state index in [1.54, 1.807) is 0 Å². The van der Waals surface area contributed by atoms with Gasteiger partial charge >= 0.3 is 5.97 Å². The third-order valence-corrected chi connectivity index (χ3v) is 3.23. The lowest BCUT2D eigenvalue weighted by Gasteiger charge is -2.17. The van der Waals surface area contributed by atoms with Crippen LogP contribution in [0.1, 0.15) is 37.0 Å². The first-order chi connectivity index (χ1) is 9.77. The van der Waals surface area contributed by atoms with Crippen LogP contribution in [-0.2, 0) is 4.79 Å². The Bertz CT molecular complexity index is 501. The zero-order valence-electron chi connectivity index (χ0n) is 11.9. The molecule has 1 amide bonds. The maximum Gasteiger partial charge on any atom is 0.303 e. The molecule has 1 aromatic rings. The molecule has 1 aromatic heterocycles. The number of hydrogen-bond acceptors (Lipinski definition) is 3. The maximum absolute atomic E-state index is 12.0. The number of halogens is 2. The Labute approximate surface area is 133 Å². The van der Waals surface area contributed by atoms with Crippen molar-refractivity contribution >= 4 is 35.1 Å². The molecular weight excluding hydrogens is 315 g/mol. The Morgan fingerprint density at radius 2 is 1.86 bits per heavy atom. The van der Waals surface area contributed by atoms with Crippen LogP contribution in [0.2, 0.25) is 10.3 Å². The predicted molar refractivity (Wildman–Crippen MR) is 81.8 cm³/mol. The van der Waals surface area contributed by atoms with Gasteiger partial charge in [0.1, 0.15) is 10.3 Å². The van der Waals surface area contributed by atoms with Gasteiger partial charge in [-0.3, -0.25) is 9.59 Å². The average Bonchev–Trinajstić information content (AvgIpc) is 2.32. The SMILES string of the molecule is CC(C)C[C@H](CNC(=O)c1cc(Cl)nc(Cl)c1)CC(=O)O. The van der Waals surface area contributed by atoms with Crippen molar-refractivity contribution in [2.75, 3.05) is 6.54 Å². The van der Waals surface area contributed by atoms with Crippen LogP contribution < -0.4 is 5.32 Å². The van der Waals surface area contributed by atoms with Crippen LogP contribution in [0, 0.1) is 11.8 Å². The second-order valence-corrected chi connectivity index (χ2v) is 6.08. The molecule has 0 aromatic carbocycles. The summed E-state index contributed by atoms with van der Waals surface area (Å²) in [5, 5.41) is 11.9. The molecule has 7 heteroatoms. The van der Waals surface area contributed by atoms with Crippen LogP contribution in [0.3, 0.4) is 0 Å². The molecule has 5 nitrogen and oxygen atoms in total. The van der Waals surface area contributed by atoms with E-state index in [1.807, 2.05) is 13.8 Å². The van der Waals surface area contributed by atoms with E-state index in [0.717, 1.165) is 6.42 Å². The summed E-state index contributed by atoms with van der Waals surface area (Å²) in [6.07, 6.45) is 0.751. The summed E-state index contributed by atoms with van der Waals surface area (Å²) in [6, 6.07) is 2.83. The van der Waals surface area contributed by atoms with Crippen molar-refractivity contribution in [3.8, 4) is 0 Å². The molecule has 0 fully saturated rings. The monoisotopic (exact) mass is 332 g/mol. The van der Waals surface area contributed by atoms with E-state index in [9.17, 15) is 9.59 Å². The van der Waals surface area contributed by atoms with E-state index in [2.05, 4.69) is 10.3 Å².